The third-order valence-corrected chi connectivity index (χ3v) is 4.65. The van der Waals surface area contributed by atoms with Crippen molar-refractivity contribution in [2.75, 3.05) is 5.32 Å². The van der Waals surface area contributed by atoms with E-state index in [9.17, 15) is 9.59 Å². The molecule has 0 aliphatic carbocycles. The summed E-state index contributed by atoms with van der Waals surface area (Å²) in [6, 6.07) is 22.5. The molecule has 2 amide bonds. The van der Waals surface area contributed by atoms with Gasteiger partial charge in [0.15, 0.2) is 0 Å². The Morgan fingerprint density at radius 1 is 1.00 bits per heavy atom. The van der Waals surface area contributed by atoms with Crippen LogP contribution in [0.2, 0.25) is 0 Å². The number of hydrogen-bond donors (Lipinski definition) is 3. The van der Waals surface area contributed by atoms with Crippen LogP contribution < -0.4 is 10.6 Å². The zero-order chi connectivity index (χ0) is 20.9. The van der Waals surface area contributed by atoms with Gasteiger partial charge in [-0.2, -0.15) is 0 Å². The van der Waals surface area contributed by atoms with E-state index in [1.54, 1.807) is 12.1 Å². The van der Waals surface area contributed by atoms with Gasteiger partial charge in [0.25, 0.3) is 5.91 Å². The van der Waals surface area contributed by atoms with E-state index in [4.69, 9.17) is 0 Å². The molecule has 0 atom stereocenters. The number of nitrogens with zero attached hydrogens (tertiary/aromatic N) is 1. The highest BCUT2D eigenvalue weighted by molar-refractivity contribution is 6.04. The lowest BCUT2D eigenvalue weighted by molar-refractivity contribution is -0.116. The summed E-state index contributed by atoms with van der Waals surface area (Å²) in [6.45, 7) is 3.80. The summed E-state index contributed by atoms with van der Waals surface area (Å²) in [5.74, 6) is 0.304. The fourth-order valence-electron chi connectivity index (χ4n) is 3.07. The highest BCUT2D eigenvalue weighted by Crippen LogP contribution is 2.23. The molecular formula is C24H20N4O2. The molecule has 148 valence electrons. The van der Waals surface area contributed by atoms with Crippen LogP contribution in [-0.2, 0) is 11.3 Å². The second-order valence-electron chi connectivity index (χ2n) is 6.76. The molecule has 4 rings (SSSR count). The molecule has 30 heavy (non-hydrogen) atoms. The van der Waals surface area contributed by atoms with Gasteiger partial charge >= 0.3 is 0 Å². The summed E-state index contributed by atoms with van der Waals surface area (Å²) < 4.78 is 0. The quantitative estimate of drug-likeness (QED) is 0.425. The Morgan fingerprint density at radius 3 is 2.57 bits per heavy atom. The van der Waals surface area contributed by atoms with Gasteiger partial charge in [-0.3, -0.25) is 9.59 Å². The molecule has 3 aromatic carbocycles. The molecule has 0 bridgehead atoms. The van der Waals surface area contributed by atoms with Crippen LogP contribution in [0.15, 0.2) is 85.5 Å². The Morgan fingerprint density at radius 2 is 1.80 bits per heavy atom. The maximum absolute atomic E-state index is 12.6. The number of fused-ring (bicyclic) bond motifs is 1. The molecule has 1 aromatic heterocycles. The number of hydrogen-bond acceptors (Lipinski definition) is 3. The summed E-state index contributed by atoms with van der Waals surface area (Å²) in [4.78, 5) is 31.8. The van der Waals surface area contributed by atoms with Gasteiger partial charge in [-0.25, -0.2) is 4.98 Å². The first-order valence-corrected chi connectivity index (χ1v) is 9.48. The lowest BCUT2D eigenvalue weighted by atomic mass is 10.1. The van der Waals surface area contributed by atoms with E-state index in [-0.39, 0.29) is 11.8 Å². The Hall–Kier alpha value is -4.19. The smallest absolute Gasteiger partial charge is 0.255 e. The van der Waals surface area contributed by atoms with Gasteiger partial charge in [0.05, 0.1) is 11.0 Å². The number of anilines is 1. The highest BCUT2D eigenvalue weighted by atomic mass is 16.2. The van der Waals surface area contributed by atoms with E-state index in [1.165, 1.54) is 6.08 Å². The SMILES string of the molecule is C=CC(=O)NCc1ccc(C(=O)Nc2cccc(-c3nc4ccccc4[nH]3)c2)cc1. The van der Waals surface area contributed by atoms with Crippen LogP contribution in [-0.4, -0.2) is 21.8 Å². The Bertz CT molecular complexity index is 1190. The molecule has 6 nitrogen and oxygen atoms in total. The van der Waals surface area contributed by atoms with Gasteiger partial charge in [0.1, 0.15) is 5.82 Å². The van der Waals surface area contributed by atoms with Crippen molar-refractivity contribution in [1.29, 1.82) is 0 Å². The van der Waals surface area contributed by atoms with Gasteiger partial charge < -0.3 is 15.6 Å². The minimum absolute atomic E-state index is 0.210. The zero-order valence-corrected chi connectivity index (χ0v) is 16.2. The average Bonchev–Trinajstić information content (AvgIpc) is 3.22. The fourth-order valence-corrected chi connectivity index (χ4v) is 3.07. The normalized spacial score (nSPS) is 10.5. The number of benzene rings is 3. The van der Waals surface area contributed by atoms with Crippen LogP contribution in [0.4, 0.5) is 5.69 Å². The topological polar surface area (TPSA) is 86.9 Å². The average molecular weight is 396 g/mol. The van der Waals surface area contributed by atoms with Crippen molar-refractivity contribution in [3.05, 3.63) is 96.6 Å². The maximum Gasteiger partial charge on any atom is 0.255 e. The van der Waals surface area contributed by atoms with Crippen LogP contribution in [0.5, 0.6) is 0 Å². The number of H-pyrrole nitrogens is 1. The lowest BCUT2D eigenvalue weighted by Crippen LogP contribution is -2.20. The van der Waals surface area contributed by atoms with Crippen molar-refractivity contribution >= 4 is 28.5 Å². The molecule has 3 N–H and O–H groups in total. The third-order valence-electron chi connectivity index (χ3n) is 4.65. The summed E-state index contributed by atoms with van der Waals surface area (Å²) in [6.07, 6.45) is 1.22. The minimum atomic E-state index is -0.235. The first-order valence-electron chi connectivity index (χ1n) is 9.48. The molecule has 0 unspecified atom stereocenters. The molecule has 4 aromatic rings. The van der Waals surface area contributed by atoms with Crippen LogP contribution in [0.1, 0.15) is 15.9 Å². The minimum Gasteiger partial charge on any atom is -0.348 e. The standard InChI is InChI=1S/C24H20N4O2/c1-2-22(29)25-15-16-10-12-17(13-11-16)24(30)26-19-7-5-6-18(14-19)23-27-20-8-3-4-9-21(20)28-23/h2-14H,1,15H2,(H,25,29)(H,26,30)(H,27,28). The number of nitrogens with one attached hydrogen (secondary N) is 3. The molecule has 0 radical (unpaired) electrons. The van der Waals surface area contributed by atoms with Gasteiger partial charge in [-0.15, -0.1) is 0 Å². The maximum atomic E-state index is 12.6. The van der Waals surface area contributed by atoms with Crippen molar-refractivity contribution in [1.82, 2.24) is 15.3 Å². The monoisotopic (exact) mass is 396 g/mol. The number of rotatable bonds is 6. The molecule has 0 saturated carbocycles. The highest BCUT2D eigenvalue weighted by Gasteiger charge is 2.09. The molecule has 1 heterocycles. The predicted octanol–water partition coefficient (Wildman–Crippen LogP) is 4.28. The second-order valence-corrected chi connectivity index (χ2v) is 6.76. The van der Waals surface area contributed by atoms with Crippen LogP contribution in [0, 0.1) is 0 Å². The van der Waals surface area contributed by atoms with Crippen LogP contribution in [0.25, 0.3) is 22.4 Å². The molecule has 0 aliphatic rings. The van der Waals surface area contributed by atoms with E-state index < -0.39 is 0 Å². The first-order chi connectivity index (χ1) is 14.6. The number of aromatic nitrogens is 2. The fraction of sp³-hybridized carbons (Fsp3) is 0.0417. The van der Waals surface area contributed by atoms with Gasteiger partial charge in [0.2, 0.25) is 5.91 Å². The number of carbonyl (C=O) groups is 2. The number of aromatic amines is 1. The van der Waals surface area contributed by atoms with Gasteiger partial charge in [-0.1, -0.05) is 43.0 Å². The summed E-state index contributed by atoms with van der Waals surface area (Å²) in [5.41, 5.74) is 4.85. The number of imidazole rings is 1. The summed E-state index contributed by atoms with van der Waals surface area (Å²) in [5, 5.41) is 5.62. The van der Waals surface area contributed by atoms with Crippen LogP contribution in [0.3, 0.4) is 0 Å². The van der Waals surface area contributed by atoms with Crippen molar-refractivity contribution < 1.29 is 9.59 Å². The third kappa shape index (κ3) is 4.28. The largest absolute Gasteiger partial charge is 0.348 e. The Labute approximate surface area is 173 Å². The number of carbonyl (C=O) groups excluding carboxylic acids is 2. The molecule has 0 saturated heterocycles. The summed E-state index contributed by atoms with van der Waals surface area (Å²) >= 11 is 0. The van der Waals surface area contributed by atoms with E-state index in [1.807, 2.05) is 60.7 Å². The molecule has 0 fully saturated rings. The molecule has 6 heteroatoms. The Kier molecular flexibility index (Phi) is 5.39. The van der Waals surface area contributed by atoms with Crippen LogP contribution >= 0.6 is 0 Å². The van der Waals surface area contributed by atoms with Crippen molar-refractivity contribution in [3.8, 4) is 11.4 Å². The van der Waals surface area contributed by atoms with Crippen molar-refractivity contribution in [2.45, 2.75) is 6.54 Å². The predicted molar refractivity (Wildman–Crippen MR) is 118 cm³/mol. The van der Waals surface area contributed by atoms with E-state index in [0.717, 1.165) is 28.0 Å². The Balaban J connectivity index is 1.46. The van der Waals surface area contributed by atoms with Crippen molar-refractivity contribution in [3.63, 3.8) is 0 Å². The molecule has 0 aliphatic heterocycles. The number of para-hydroxylation sites is 2. The number of amides is 2. The van der Waals surface area contributed by atoms with Crippen molar-refractivity contribution in [2.24, 2.45) is 0 Å². The second kappa shape index (κ2) is 8.45. The van der Waals surface area contributed by atoms with E-state index in [0.29, 0.717) is 17.8 Å². The summed E-state index contributed by atoms with van der Waals surface area (Å²) in [7, 11) is 0. The zero-order valence-electron chi connectivity index (χ0n) is 16.2. The van der Waals surface area contributed by atoms with E-state index >= 15 is 0 Å². The van der Waals surface area contributed by atoms with Gasteiger partial charge in [0, 0.05) is 23.4 Å². The first kappa shape index (κ1) is 19.1. The van der Waals surface area contributed by atoms with Gasteiger partial charge in [-0.05, 0) is 48.0 Å². The van der Waals surface area contributed by atoms with E-state index in [2.05, 4.69) is 27.2 Å². The lowest BCUT2D eigenvalue weighted by Gasteiger charge is -2.08. The molecule has 0 spiro atoms. The molecular weight excluding hydrogens is 376 g/mol.